The van der Waals surface area contributed by atoms with Gasteiger partial charge in [-0.1, -0.05) is 0 Å². The molecule has 1 heterocycles. The van der Waals surface area contributed by atoms with E-state index in [1.807, 2.05) is 0 Å². The molecule has 0 aliphatic rings. The fourth-order valence-corrected chi connectivity index (χ4v) is 0.765. The lowest BCUT2D eigenvalue weighted by atomic mass is 9.94. The van der Waals surface area contributed by atoms with Crippen LogP contribution in [0.4, 0.5) is 8.78 Å². The van der Waals surface area contributed by atoms with E-state index in [9.17, 15) is 13.6 Å². The number of oxazole rings is 1. The van der Waals surface area contributed by atoms with E-state index >= 15 is 0 Å². The van der Waals surface area contributed by atoms with Crippen molar-refractivity contribution < 1.29 is 23.1 Å². The molecule has 1 N–H and O–H groups in total. The van der Waals surface area contributed by atoms with Gasteiger partial charge in [-0.15, -0.1) is 0 Å². The largest absolute Gasteiger partial charge is 0.480 e. The normalized spacial score (nSPS) is 12.1. The van der Waals surface area contributed by atoms with Crippen molar-refractivity contribution in [3.63, 3.8) is 0 Å². The van der Waals surface area contributed by atoms with Crippen LogP contribution in [0, 0.1) is 0 Å². The van der Waals surface area contributed by atoms with E-state index in [0.29, 0.717) is 0 Å². The van der Waals surface area contributed by atoms with Gasteiger partial charge in [-0.05, 0) is 13.8 Å². The molecule has 0 unspecified atom stereocenters. The molecule has 0 bridgehead atoms. The van der Waals surface area contributed by atoms with Crippen LogP contribution in [0.15, 0.2) is 10.7 Å². The van der Waals surface area contributed by atoms with Crippen LogP contribution in [-0.4, -0.2) is 16.1 Å². The smallest absolute Gasteiger partial charge is 0.318 e. The quantitative estimate of drug-likeness (QED) is 0.819. The maximum Gasteiger partial charge on any atom is 0.318 e. The molecule has 0 saturated heterocycles. The monoisotopic (exact) mass is 205 g/mol. The Morgan fingerprint density at radius 2 is 2.21 bits per heavy atom. The van der Waals surface area contributed by atoms with Gasteiger partial charge in [-0.25, -0.2) is 13.8 Å². The molecule has 78 valence electrons. The molecule has 0 radical (unpaired) electrons. The number of aromatic nitrogens is 1. The predicted octanol–water partition coefficient (Wildman–Crippen LogP) is 1.97. The number of hydrogen-bond acceptors (Lipinski definition) is 3. The second kappa shape index (κ2) is 3.36. The number of aliphatic carboxylic acids is 1. The third kappa shape index (κ3) is 1.73. The SMILES string of the molecule is CC(C)(C(=O)O)c1nc(C(F)F)co1. The average Bonchev–Trinajstić information content (AvgIpc) is 2.51. The fraction of sp³-hybridized carbons (Fsp3) is 0.500. The molecule has 0 saturated carbocycles. The van der Waals surface area contributed by atoms with E-state index < -0.39 is 23.5 Å². The van der Waals surface area contributed by atoms with Gasteiger partial charge >= 0.3 is 5.97 Å². The van der Waals surface area contributed by atoms with Crippen molar-refractivity contribution in [2.45, 2.75) is 25.7 Å². The van der Waals surface area contributed by atoms with Crippen molar-refractivity contribution in [2.75, 3.05) is 0 Å². The second-order valence-corrected chi connectivity index (χ2v) is 3.31. The Bertz CT molecular complexity index is 346. The molecule has 1 rings (SSSR count). The lowest BCUT2D eigenvalue weighted by molar-refractivity contribution is -0.143. The van der Waals surface area contributed by atoms with E-state index in [-0.39, 0.29) is 5.89 Å². The van der Waals surface area contributed by atoms with E-state index in [0.717, 1.165) is 6.26 Å². The van der Waals surface area contributed by atoms with Crippen LogP contribution in [0.25, 0.3) is 0 Å². The summed E-state index contributed by atoms with van der Waals surface area (Å²) < 4.78 is 28.9. The lowest BCUT2D eigenvalue weighted by Crippen LogP contribution is -2.28. The first-order chi connectivity index (χ1) is 6.35. The minimum absolute atomic E-state index is 0.222. The van der Waals surface area contributed by atoms with Gasteiger partial charge < -0.3 is 9.52 Å². The van der Waals surface area contributed by atoms with Crippen LogP contribution in [0.2, 0.25) is 0 Å². The molecule has 0 aliphatic carbocycles. The third-order valence-electron chi connectivity index (χ3n) is 1.81. The van der Waals surface area contributed by atoms with Crippen molar-refractivity contribution in [3.8, 4) is 0 Å². The first kappa shape index (κ1) is 10.6. The predicted molar refractivity (Wildman–Crippen MR) is 42.1 cm³/mol. The van der Waals surface area contributed by atoms with E-state index in [2.05, 4.69) is 9.40 Å². The van der Waals surface area contributed by atoms with Gasteiger partial charge in [0, 0.05) is 0 Å². The Labute approximate surface area is 78.6 Å². The molecule has 0 atom stereocenters. The molecule has 1 aromatic heterocycles. The van der Waals surface area contributed by atoms with Crippen molar-refractivity contribution in [3.05, 3.63) is 17.8 Å². The Morgan fingerprint density at radius 3 is 2.57 bits per heavy atom. The third-order valence-corrected chi connectivity index (χ3v) is 1.81. The van der Waals surface area contributed by atoms with Crippen LogP contribution < -0.4 is 0 Å². The maximum atomic E-state index is 12.1. The Morgan fingerprint density at radius 1 is 1.64 bits per heavy atom. The highest BCUT2D eigenvalue weighted by atomic mass is 19.3. The van der Waals surface area contributed by atoms with E-state index in [1.54, 1.807) is 0 Å². The summed E-state index contributed by atoms with van der Waals surface area (Å²) in [5.41, 5.74) is -1.94. The highest BCUT2D eigenvalue weighted by molar-refractivity contribution is 5.78. The van der Waals surface area contributed by atoms with Crippen molar-refractivity contribution in [2.24, 2.45) is 0 Å². The molecular formula is C8H9F2NO3. The summed E-state index contributed by atoms with van der Waals surface area (Å²) in [4.78, 5) is 14.1. The van der Waals surface area contributed by atoms with Crippen molar-refractivity contribution in [1.29, 1.82) is 0 Å². The Kier molecular flexibility index (Phi) is 2.55. The van der Waals surface area contributed by atoms with Crippen LogP contribution in [0.1, 0.15) is 31.9 Å². The van der Waals surface area contributed by atoms with Crippen LogP contribution in [-0.2, 0) is 10.2 Å². The number of hydrogen-bond donors (Lipinski definition) is 1. The summed E-state index contributed by atoms with van der Waals surface area (Å²) in [7, 11) is 0. The molecule has 0 spiro atoms. The number of carbonyl (C=O) groups is 1. The standard InChI is InChI=1S/C8H9F2NO3/c1-8(2,7(12)13)6-11-4(3-14-6)5(9)10/h3,5H,1-2H3,(H,12,13). The summed E-state index contributed by atoms with van der Waals surface area (Å²) in [6.07, 6.45) is -1.98. The molecule has 6 heteroatoms. The first-order valence-electron chi connectivity index (χ1n) is 3.83. The van der Waals surface area contributed by atoms with Crippen molar-refractivity contribution >= 4 is 5.97 Å². The van der Waals surface area contributed by atoms with Crippen molar-refractivity contribution in [1.82, 2.24) is 4.98 Å². The van der Waals surface area contributed by atoms with Gasteiger partial charge in [-0.2, -0.15) is 0 Å². The Balaban J connectivity index is 3.03. The molecule has 0 aromatic carbocycles. The van der Waals surface area contributed by atoms with Gasteiger partial charge in [0.25, 0.3) is 6.43 Å². The van der Waals surface area contributed by atoms with Gasteiger partial charge in [0.15, 0.2) is 0 Å². The van der Waals surface area contributed by atoms with Gasteiger partial charge in [0.1, 0.15) is 17.4 Å². The maximum absolute atomic E-state index is 12.1. The fourth-order valence-electron chi connectivity index (χ4n) is 0.765. The number of rotatable bonds is 3. The number of alkyl halides is 2. The molecule has 4 nitrogen and oxygen atoms in total. The van der Waals surface area contributed by atoms with E-state index in [4.69, 9.17) is 5.11 Å². The van der Waals surface area contributed by atoms with Gasteiger partial charge in [0.2, 0.25) is 5.89 Å². The molecule has 0 fully saturated rings. The number of halogens is 2. The zero-order valence-electron chi connectivity index (χ0n) is 7.62. The van der Waals surface area contributed by atoms with Crippen LogP contribution in [0.3, 0.4) is 0 Å². The van der Waals surface area contributed by atoms with Crippen LogP contribution >= 0.6 is 0 Å². The highest BCUT2D eigenvalue weighted by Gasteiger charge is 2.35. The molecule has 1 aromatic rings. The summed E-state index contributed by atoms with van der Waals surface area (Å²) >= 11 is 0. The number of carboxylic acids is 1. The van der Waals surface area contributed by atoms with E-state index in [1.165, 1.54) is 13.8 Å². The minimum atomic E-state index is -2.75. The topological polar surface area (TPSA) is 63.3 Å². The van der Waals surface area contributed by atoms with Gasteiger partial charge in [-0.3, -0.25) is 4.79 Å². The summed E-state index contributed by atoms with van der Waals surface area (Å²) in [5.74, 6) is -1.40. The Hall–Kier alpha value is -1.46. The van der Waals surface area contributed by atoms with Gasteiger partial charge in [0.05, 0.1) is 0 Å². The summed E-state index contributed by atoms with van der Waals surface area (Å²) in [6.45, 7) is 2.66. The second-order valence-electron chi connectivity index (χ2n) is 3.31. The lowest BCUT2D eigenvalue weighted by Gasteiger charge is -2.13. The molecule has 14 heavy (non-hydrogen) atoms. The minimum Gasteiger partial charge on any atom is -0.480 e. The molecule has 0 amide bonds. The summed E-state index contributed by atoms with van der Waals surface area (Å²) in [6, 6.07) is 0. The molecule has 0 aliphatic heterocycles. The number of nitrogens with zero attached hydrogens (tertiary/aromatic N) is 1. The van der Waals surface area contributed by atoms with Crippen LogP contribution in [0.5, 0.6) is 0 Å². The average molecular weight is 205 g/mol. The summed E-state index contributed by atoms with van der Waals surface area (Å²) in [5, 5.41) is 8.76. The molecular weight excluding hydrogens is 196 g/mol. The first-order valence-corrected chi connectivity index (χ1v) is 3.83. The number of carboxylic acid groups (broad SMARTS) is 1. The zero-order chi connectivity index (χ0) is 10.9. The zero-order valence-corrected chi connectivity index (χ0v) is 7.62. The highest BCUT2D eigenvalue weighted by Crippen LogP contribution is 2.25.